The Morgan fingerprint density at radius 2 is 1.79 bits per heavy atom. The zero-order chi connectivity index (χ0) is 10.0. The molecule has 1 heterocycles. The third-order valence-electron chi connectivity index (χ3n) is 3.26. The molecular formula is C11H17N3. The monoisotopic (exact) mass is 191 g/mol. The predicted octanol–water partition coefficient (Wildman–Crippen LogP) is 2.28. The van der Waals surface area contributed by atoms with Crippen LogP contribution < -0.4 is 5.73 Å². The Morgan fingerprint density at radius 3 is 2.43 bits per heavy atom. The van der Waals surface area contributed by atoms with Gasteiger partial charge >= 0.3 is 0 Å². The van der Waals surface area contributed by atoms with Crippen molar-refractivity contribution in [2.75, 3.05) is 5.73 Å². The molecule has 0 aromatic carbocycles. The summed E-state index contributed by atoms with van der Waals surface area (Å²) >= 11 is 0. The van der Waals surface area contributed by atoms with Crippen molar-refractivity contribution in [2.24, 2.45) is 0 Å². The van der Waals surface area contributed by atoms with Gasteiger partial charge in [-0.25, -0.2) is 4.98 Å². The third-order valence-corrected chi connectivity index (χ3v) is 3.26. The maximum absolute atomic E-state index is 5.86. The number of nitrogen functional groups attached to an aromatic ring is 1. The lowest BCUT2D eigenvalue weighted by molar-refractivity contribution is 0.312. The number of aromatic nitrogens is 2. The molecule has 0 bridgehead atoms. The smallest absolute Gasteiger partial charge is 0.145 e. The van der Waals surface area contributed by atoms with E-state index in [4.69, 9.17) is 5.73 Å². The number of rotatable bonds is 1. The van der Waals surface area contributed by atoms with E-state index >= 15 is 0 Å². The van der Waals surface area contributed by atoms with Crippen molar-refractivity contribution >= 4 is 5.82 Å². The van der Waals surface area contributed by atoms with Gasteiger partial charge in [0.1, 0.15) is 5.82 Å². The van der Waals surface area contributed by atoms with Gasteiger partial charge in [0.2, 0.25) is 0 Å². The molecule has 0 radical (unpaired) electrons. The van der Waals surface area contributed by atoms with Gasteiger partial charge in [0.25, 0.3) is 0 Å². The molecule has 0 spiro atoms. The Kier molecular flexibility index (Phi) is 2.40. The first kappa shape index (κ1) is 9.44. The second-order valence-electron chi connectivity index (χ2n) is 4.41. The maximum atomic E-state index is 5.86. The topological polar surface area (TPSA) is 51.8 Å². The van der Waals surface area contributed by atoms with Crippen LogP contribution in [0.2, 0.25) is 0 Å². The molecule has 3 heteroatoms. The number of hydrogen-bond donors (Lipinski definition) is 1. The SMILES string of the molecule is CC1(c2nccnc2N)CCCCC1. The van der Waals surface area contributed by atoms with Gasteiger partial charge in [0.05, 0.1) is 5.69 Å². The largest absolute Gasteiger partial charge is 0.382 e. The summed E-state index contributed by atoms with van der Waals surface area (Å²) in [6.45, 7) is 2.26. The molecule has 0 amide bonds. The zero-order valence-electron chi connectivity index (χ0n) is 8.66. The van der Waals surface area contributed by atoms with Gasteiger partial charge in [-0.1, -0.05) is 26.2 Å². The van der Waals surface area contributed by atoms with Crippen molar-refractivity contribution in [3.8, 4) is 0 Å². The molecule has 0 aliphatic heterocycles. The van der Waals surface area contributed by atoms with Crippen molar-refractivity contribution in [1.29, 1.82) is 0 Å². The number of nitrogens with zero attached hydrogens (tertiary/aromatic N) is 2. The van der Waals surface area contributed by atoms with Crippen LogP contribution in [0.3, 0.4) is 0 Å². The fourth-order valence-corrected chi connectivity index (χ4v) is 2.38. The summed E-state index contributed by atoms with van der Waals surface area (Å²) in [5, 5.41) is 0. The van der Waals surface area contributed by atoms with Crippen molar-refractivity contribution in [2.45, 2.75) is 44.4 Å². The average Bonchev–Trinajstić information content (AvgIpc) is 2.19. The van der Waals surface area contributed by atoms with Gasteiger partial charge in [0, 0.05) is 17.8 Å². The van der Waals surface area contributed by atoms with E-state index in [2.05, 4.69) is 16.9 Å². The van der Waals surface area contributed by atoms with Crippen LogP contribution in [0.15, 0.2) is 12.4 Å². The van der Waals surface area contributed by atoms with E-state index < -0.39 is 0 Å². The Hall–Kier alpha value is -1.12. The maximum Gasteiger partial charge on any atom is 0.145 e. The van der Waals surface area contributed by atoms with Crippen LogP contribution in [0, 0.1) is 0 Å². The van der Waals surface area contributed by atoms with Crippen LogP contribution in [-0.2, 0) is 5.41 Å². The van der Waals surface area contributed by atoms with Crippen molar-refractivity contribution in [3.05, 3.63) is 18.1 Å². The highest BCUT2D eigenvalue weighted by Gasteiger charge is 2.32. The van der Waals surface area contributed by atoms with E-state index in [-0.39, 0.29) is 5.41 Å². The molecule has 0 saturated heterocycles. The van der Waals surface area contributed by atoms with E-state index in [1.165, 1.54) is 32.1 Å². The Labute approximate surface area is 84.8 Å². The highest BCUT2D eigenvalue weighted by molar-refractivity contribution is 5.38. The van der Waals surface area contributed by atoms with E-state index in [1.54, 1.807) is 12.4 Å². The highest BCUT2D eigenvalue weighted by Crippen LogP contribution is 2.39. The summed E-state index contributed by atoms with van der Waals surface area (Å²) in [4.78, 5) is 8.50. The molecule has 1 aromatic heterocycles. The van der Waals surface area contributed by atoms with Crippen LogP contribution in [-0.4, -0.2) is 9.97 Å². The first-order valence-electron chi connectivity index (χ1n) is 5.29. The molecule has 1 saturated carbocycles. The fraction of sp³-hybridized carbons (Fsp3) is 0.636. The Bertz CT molecular complexity index is 316. The standard InChI is InChI=1S/C11H17N3/c1-11(5-3-2-4-6-11)9-10(12)14-8-7-13-9/h7-8H,2-6H2,1H3,(H2,12,14). The molecule has 1 aromatic rings. The van der Waals surface area contributed by atoms with Crippen LogP contribution in [0.4, 0.5) is 5.82 Å². The summed E-state index contributed by atoms with van der Waals surface area (Å²) in [5.74, 6) is 0.608. The molecule has 14 heavy (non-hydrogen) atoms. The minimum atomic E-state index is 0.163. The molecule has 2 rings (SSSR count). The summed E-state index contributed by atoms with van der Waals surface area (Å²) < 4.78 is 0. The summed E-state index contributed by atoms with van der Waals surface area (Å²) in [5.41, 5.74) is 7.03. The first-order chi connectivity index (χ1) is 6.72. The van der Waals surface area contributed by atoms with Crippen LogP contribution in [0.5, 0.6) is 0 Å². The van der Waals surface area contributed by atoms with Crippen LogP contribution in [0.25, 0.3) is 0 Å². The summed E-state index contributed by atoms with van der Waals surface area (Å²) in [6, 6.07) is 0. The lowest BCUT2D eigenvalue weighted by Gasteiger charge is -2.33. The molecular weight excluding hydrogens is 174 g/mol. The third kappa shape index (κ3) is 1.59. The van der Waals surface area contributed by atoms with Gasteiger partial charge in [-0.05, 0) is 12.8 Å². The number of nitrogens with two attached hydrogens (primary N) is 1. The van der Waals surface area contributed by atoms with Gasteiger partial charge in [-0.2, -0.15) is 0 Å². The van der Waals surface area contributed by atoms with Crippen LogP contribution >= 0.6 is 0 Å². The molecule has 76 valence electrons. The lowest BCUT2D eigenvalue weighted by atomic mass is 9.73. The quantitative estimate of drug-likeness (QED) is 0.741. The van der Waals surface area contributed by atoms with Gasteiger partial charge in [-0.15, -0.1) is 0 Å². The second kappa shape index (κ2) is 3.56. The normalized spacial score (nSPS) is 20.6. The minimum absolute atomic E-state index is 0.163. The molecule has 1 fully saturated rings. The first-order valence-corrected chi connectivity index (χ1v) is 5.29. The van der Waals surface area contributed by atoms with Gasteiger partial charge in [-0.3, -0.25) is 4.98 Å². The molecule has 1 aliphatic carbocycles. The van der Waals surface area contributed by atoms with E-state index in [1.807, 2.05) is 0 Å². The Balaban J connectivity index is 2.32. The fourth-order valence-electron chi connectivity index (χ4n) is 2.38. The molecule has 0 atom stereocenters. The van der Waals surface area contributed by atoms with Gasteiger partial charge in [0.15, 0.2) is 0 Å². The Morgan fingerprint density at radius 1 is 1.14 bits per heavy atom. The molecule has 0 unspecified atom stereocenters. The van der Waals surface area contributed by atoms with E-state index in [0.717, 1.165) is 5.69 Å². The summed E-state index contributed by atoms with van der Waals surface area (Å²) in [6.07, 6.45) is 9.69. The average molecular weight is 191 g/mol. The van der Waals surface area contributed by atoms with E-state index in [9.17, 15) is 0 Å². The van der Waals surface area contributed by atoms with Crippen molar-refractivity contribution < 1.29 is 0 Å². The van der Waals surface area contributed by atoms with Crippen LogP contribution in [0.1, 0.15) is 44.7 Å². The molecule has 2 N–H and O–H groups in total. The van der Waals surface area contributed by atoms with E-state index in [0.29, 0.717) is 5.82 Å². The van der Waals surface area contributed by atoms with Crippen molar-refractivity contribution in [3.63, 3.8) is 0 Å². The summed E-state index contributed by atoms with van der Waals surface area (Å²) in [7, 11) is 0. The van der Waals surface area contributed by atoms with Gasteiger partial charge < -0.3 is 5.73 Å². The van der Waals surface area contributed by atoms with Crippen molar-refractivity contribution in [1.82, 2.24) is 9.97 Å². The molecule has 1 aliphatic rings. The highest BCUT2D eigenvalue weighted by atomic mass is 14.9. The minimum Gasteiger partial charge on any atom is -0.382 e. The number of anilines is 1. The second-order valence-corrected chi connectivity index (χ2v) is 4.41. The zero-order valence-corrected chi connectivity index (χ0v) is 8.66. The molecule has 3 nitrogen and oxygen atoms in total. The predicted molar refractivity (Wildman–Crippen MR) is 56.9 cm³/mol. The number of hydrogen-bond acceptors (Lipinski definition) is 3. The lowest BCUT2D eigenvalue weighted by Crippen LogP contribution is -2.27.